The van der Waals surface area contributed by atoms with Crippen molar-refractivity contribution in [1.29, 1.82) is 0 Å². The average Bonchev–Trinajstić information content (AvgIpc) is 3.32. The topological polar surface area (TPSA) is 25.8 Å². The second kappa shape index (κ2) is 9.70. The Hall–Kier alpha value is -5.60. The number of rotatable bonds is 3. The summed E-state index contributed by atoms with van der Waals surface area (Å²) in [6.07, 6.45) is 3.77. The van der Waals surface area contributed by atoms with Gasteiger partial charge in [0.2, 0.25) is 0 Å². The Morgan fingerprint density at radius 2 is 1.13 bits per heavy atom. The van der Waals surface area contributed by atoms with Crippen molar-refractivity contribution in [2.75, 3.05) is 0 Å². The summed E-state index contributed by atoms with van der Waals surface area (Å²) in [7, 11) is 0. The van der Waals surface area contributed by atoms with Gasteiger partial charge in [0.1, 0.15) is 0 Å². The summed E-state index contributed by atoms with van der Waals surface area (Å²) in [5.41, 5.74) is 14.6. The SMILES string of the molecule is CC1(C)c2cc(-c3cccnc3)ccc2-c2ccc(-c3cccc(-c4cc5cc6ccccc6nc5c5ccccc45)c3)cc21. The van der Waals surface area contributed by atoms with Crippen molar-refractivity contribution in [2.24, 2.45) is 0 Å². The molecule has 0 amide bonds. The molecule has 0 saturated carbocycles. The van der Waals surface area contributed by atoms with E-state index in [9.17, 15) is 0 Å². The van der Waals surface area contributed by atoms with Gasteiger partial charge < -0.3 is 0 Å². The largest absolute Gasteiger partial charge is 0.264 e. The smallest absolute Gasteiger partial charge is 0.0788 e. The van der Waals surface area contributed by atoms with Crippen molar-refractivity contribution in [1.82, 2.24) is 9.97 Å². The zero-order valence-electron chi connectivity index (χ0n) is 25.3. The molecule has 1 aliphatic carbocycles. The monoisotopic (exact) mass is 574 g/mol. The summed E-state index contributed by atoms with van der Waals surface area (Å²) < 4.78 is 0. The molecule has 0 N–H and O–H groups in total. The van der Waals surface area contributed by atoms with Gasteiger partial charge in [-0.25, -0.2) is 4.98 Å². The number of hydrogen-bond donors (Lipinski definition) is 0. The highest BCUT2D eigenvalue weighted by molar-refractivity contribution is 6.14. The Bertz CT molecular complexity index is 2450. The predicted octanol–water partition coefficient (Wildman–Crippen LogP) is 11.2. The lowest BCUT2D eigenvalue weighted by Gasteiger charge is -2.22. The molecule has 45 heavy (non-hydrogen) atoms. The number of hydrogen-bond acceptors (Lipinski definition) is 2. The van der Waals surface area contributed by atoms with Crippen LogP contribution in [0.4, 0.5) is 0 Å². The molecule has 8 aromatic rings. The zero-order valence-corrected chi connectivity index (χ0v) is 25.3. The Morgan fingerprint density at radius 1 is 0.467 bits per heavy atom. The molecule has 6 aromatic carbocycles. The van der Waals surface area contributed by atoms with Crippen LogP contribution in [-0.2, 0) is 5.41 Å². The van der Waals surface area contributed by atoms with Crippen LogP contribution in [0.1, 0.15) is 25.0 Å². The van der Waals surface area contributed by atoms with Crippen LogP contribution in [0.3, 0.4) is 0 Å². The van der Waals surface area contributed by atoms with Crippen molar-refractivity contribution in [3.8, 4) is 44.5 Å². The highest BCUT2D eigenvalue weighted by Crippen LogP contribution is 2.50. The fourth-order valence-corrected chi connectivity index (χ4v) is 7.35. The number of benzene rings is 6. The Labute approximate surface area is 262 Å². The molecule has 2 nitrogen and oxygen atoms in total. The van der Waals surface area contributed by atoms with E-state index in [0.29, 0.717) is 0 Å². The highest BCUT2D eigenvalue weighted by Gasteiger charge is 2.35. The van der Waals surface area contributed by atoms with Crippen LogP contribution in [0, 0.1) is 0 Å². The van der Waals surface area contributed by atoms with E-state index >= 15 is 0 Å². The molecule has 0 atom stereocenters. The van der Waals surface area contributed by atoms with Crippen LogP contribution < -0.4 is 0 Å². The van der Waals surface area contributed by atoms with Gasteiger partial charge in [0.05, 0.1) is 11.0 Å². The third kappa shape index (κ3) is 4.03. The molecule has 1 aliphatic rings. The van der Waals surface area contributed by atoms with E-state index in [1.54, 1.807) is 0 Å². The number of fused-ring (bicyclic) bond motifs is 7. The highest BCUT2D eigenvalue weighted by atomic mass is 14.7. The molecule has 2 aromatic heterocycles. The van der Waals surface area contributed by atoms with Gasteiger partial charge in [-0.1, -0.05) is 105 Å². The minimum atomic E-state index is -0.110. The standard InChI is InChI=1S/C43H30N2/c1-43(2)39-24-28(16-18-35(39)36-19-17-29(25-40(36)43)32-12-8-20-44-26-32)27-10-7-11-30(21-27)38-23-33-22-31-9-3-6-15-41(31)45-42(33)37-14-5-4-13-34(37)38/h3-26H,1-2H3. The van der Waals surface area contributed by atoms with Gasteiger partial charge in [-0.05, 0) is 103 Å². The lowest BCUT2D eigenvalue weighted by Crippen LogP contribution is -2.15. The molecule has 0 unspecified atom stereocenters. The molecule has 2 heteroatoms. The maximum absolute atomic E-state index is 5.09. The molecule has 0 bridgehead atoms. The molecule has 0 saturated heterocycles. The van der Waals surface area contributed by atoms with Gasteiger partial charge in [0.15, 0.2) is 0 Å². The molecule has 0 radical (unpaired) electrons. The minimum absolute atomic E-state index is 0.110. The lowest BCUT2D eigenvalue weighted by molar-refractivity contribution is 0.661. The Morgan fingerprint density at radius 3 is 1.91 bits per heavy atom. The molecule has 9 rings (SSSR count). The van der Waals surface area contributed by atoms with Crippen LogP contribution in [0.15, 0.2) is 146 Å². The molecule has 0 fully saturated rings. The average molecular weight is 575 g/mol. The van der Waals surface area contributed by atoms with Gasteiger partial charge in [0, 0.05) is 34.0 Å². The van der Waals surface area contributed by atoms with Gasteiger partial charge in [0.25, 0.3) is 0 Å². The van der Waals surface area contributed by atoms with E-state index in [1.807, 2.05) is 18.5 Å². The normalized spacial score (nSPS) is 13.3. The van der Waals surface area contributed by atoms with Crippen LogP contribution >= 0.6 is 0 Å². The number of nitrogens with zero attached hydrogens (tertiary/aromatic N) is 2. The van der Waals surface area contributed by atoms with Gasteiger partial charge in [-0.15, -0.1) is 0 Å². The zero-order chi connectivity index (χ0) is 30.1. The van der Waals surface area contributed by atoms with Crippen LogP contribution in [0.2, 0.25) is 0 Å². The predicted molar refractivity (Wildman–Crippen MR) is 188 cm³/mol. The molecule has 0 aliphatic heterocycles. The van der Waals surface area contributed by atoms with Gasteiger partial charge >= 0.3 is 0 Å². The van der Waals surface area contributed by atoms with E-state index in [0.717, 1.165) is 27.4 Å². The lowest BCUT2D eigenvalue weighted by atomic mass is 9.81. The summed E-state index contributed by atoms with van der Waals surface area (Å²) in [6, 6.07) is 48.7. The fourth-order valence-electron chi connectivity index (χ4n) is 7.35. The van der Waals surface area contributed by atoms with Gasteiger partial charge in [-0.2, -0.15) is 0 Å². The van der Waals surface area contributed by atoms with Crippen molar-refractivity contribution < 1.29 is 0 Å². The molecular weight excluding hydrogens is 544 g/mol. The van der Waals surface area contributed by atoms with Gasteiger partial charge in [-0.3, -0.25) is 4.98 Å². The molecule has 2 heterocycles. The van der Waals surface area contributed by atoms with Crippen molar-refractivity contribution in [3.63, 3.8) is 0 Å². The second-order valence-electron chi connectivity index (χ2n) is 12.7. The molecular formula is C43H30N2. The van der Waals surface area contributed by atoms with E-state index in [1.165, 1.54) is 60.8 Å². The third-order valence-electron chi connectivity index (χ3n) is 9.70. The molecule has 0 spiro atoms. The number of pyridine rings is 2. The quantitative estimate of drug-likeness (QED) is 0.155. The summed E-state index contributed by atoms with van der Waals surface area (Å²) in [5, 5.41) is 4.73. The number of para-hydroxylation sites is 1. The van der Waals surface area contributed by atoms with E-state index in [-0.39, 0.29) is 5.41 Å². The number of aromatic nitrogens is 2. The first-order chi connectivity index (χ1) is 22.0. The van der Waals surface area contributed by atoms with E-state index in [2.05, 4.69) is 146 Å². The summed E-state index contributed by atoms with van der Waals surface area (Å²) in [5.74, 6) is 0. The maximum atomic E-state index is 5.09. The summed E-state index contributed by atoms with van der Waals surface area (Å²) >= 11 is 0. The first-order valence-electron chi connectivity index (χ1n) is 15.6. The fraction of sp³-hybridized carbons (Fsp3) is 0.0698. The summed E-state index contributed by atoms with van der Waals surface area (Å²) in [4.78, 5) is 9.43. The van der Waals surface area contributed by atoms with Crippen molar-refractivity contribution >= 4 is 32.6 Å². The first-order valence-corrected chi connectivity index (χ1v) is 15.6. The Balaban J connectivity index is 1.16. The van der Waals surface area contributed by atoms with E-state index in [4.69, 9.17) is 4.98 Å². The molecule has 212 valence electrons. The van der Waals surface area contributed by atoms with E-state index < -0.39 is 0 Å². The van der Waals surface area contributed by atoms with Crippen LogP contribution in [0.25, 0.3) is 77.1 Å². The van der Waals surface area contributed by atoms with Crippen LogP contribution in [-0.4, -0.2) is 9.97 Å². The summed E-state index contributed by atoms with van der Waals surface area (Å²) in [6.45, 7) is 4.70. The maximum Gasteiger partial charge on any atom is 0.0788 e. The van der Waals surface area contributed by atoms with Crippen LogP contribution in [0.5, 0.6) is 0 Å². The van der Waals surface area contributed by atoms with Crippen molar-refractivity contribution in [2.45, 2.75) is 19.3 Å². The third-order valence-corrected chi connectivity index (χ3v) is 9.70. The second-order valence-corrected chi connectivity index (χ2v) is 12.7. The van der Waals surface area contributed by atoms with Crippen molar-refractivity contribution in [3.05, 3.63) is 157 Å². The Kier molecular flexibility index (Phi) is 5.58. The minimum Gasteiger partial charge on any atom is -0.264 e. The first kappa shape index (κ1) is 25.9.